The van der Waals surface area contributed by atoms with E-state index in [1.165, 1.54) is 4.90 Å². The Balaban J connectivity index is 1.80. The molecule has 2 amide bonds. The van der Waals surface area contributed by atoms with Gasteiger partial charge in [0.1, 0.15) is 6.04 Å². The highest BCUT2D eigenvalue weighted by molar-refractivity contribution is 6.31. The largest absolute Gasteiger partial charge is 0.462 e. The van der Waals surface area contributed by atoms with E-state index >= 15 is 0 Å². The van der Waals surface area contributed by atoms with E-state index in [1.54, 1.807) is 55.5 Å². The number of rotatable bonds is 6. The highest BCUT2D eigenvalue weighted by atomic mass is 35.5. The SMILES string of the molecule is CCOC(=O)c1ccc(NC(=O)[C@@H](c2ccccc2Cl)N2CCC2=O)cc1. The molecule has 0 spiro atoms. The van der Waals surface area contributed by atoms with Crippen LogP contribution in [-0.2, 0) is 14.3 Å². The van der Waals surface area contributed by atoms with Gasteiger partial charge < -0.3 is 15.0 Å². The zero-order valence-electron chi connectivity index (χ0n) is 14.8. The van der Waals surface area contributed by atoms with Gasteiger partial charge in [0.25, 0.3) is 5.91 Å². The Labute approximate surface area is 162 Å². The molecule has 6 nitrogen and oxygen atoms in total. The van der Waals surface area contributed by atoms with Gasteiger partial charge in [-0.05, 0) is 37.3 Å². The van der Waals surface area contributed by atoms with Crippen LogP contribution in [0, 0.1) is 0 Å². The summed E-state index contributed by atoms with van der Waals surface area (Å²) in [7, 11) is 0. The first kappa shape index (κ1) is 18.9. The number of amides is 2. The number of likely N-dealkylation sites (tertiary alicyclic amines) is 1. The summed E-state index contributed by atoms with van der Waals surface area (Å²) in [6.45, 7) is 2.53. The van der Waals surface area contributed by atoms with Crippen LogP contribution < -0.4 is 5.32 Å². The second-order valence-corrected chi connectivity index (χ2v) is 6.46. The van der Waals surface area contributed by atoms with Crippen molar-refractivity contribution < 1.29 is 19.1 Å². The van der Waals surface area contributed by atoms with Crippen LogP contribution in [0.2, 0.25) is 5.02 Å². The maximum Gasteiger partial charge on any atom is 0.338 e. The van der Waals surface area contributed by atoms with Gasteiger partial charge in [0.2, 0.25) is 5.91 Å². The monoisotopic (exact) mass is 386 g/mol. The van der Waals surface area contributed by atoms with Gasteiger partial charge in [-0.15, -0.1) is 0 Å². The van der Waals surface area contributed by atoms with Crippen molar-refractivity contribution >= 4 is 35.1 Å². The van der Waals surface area contributed by atoms with E-state index in [1.807, 2.05) is 0 Å². The fourth-order valence-electron chi connectivity index (χ4n) is 2.87. The summed E-state index contributed by atoms with van der Waals surface area (Å²) >= 11 is 6.25. The van der Waals surface area contributed by atoms with Crippen molar-refractivity contribution in [2.45, 2.75) is 19.4 Å². The van der Waals surface area contributed by atoms with Gasteiger partial charge in [0.05, 0.1) is 12.2 Å². The second kappa shape index (κ2) is 8.22. The number of nitrogens with one attached hydrogen (secondary N) is 1. The van der Waals surface area contributed by atoms with Crippen molar-refractivity contribution in [1.29, 1.82) is 0 Å². The number of esters is 1. The zero-order chi connectivity index (χ0) is 19.4. The fourth-order valence-corrected chi connectivity index (χ4v) is 3.11. The lowest BCUT2D eigenvalue weighted by Gasteiger charge is -2.37. The van der Waals surface area contributed by atoms with Crippen molar-refractivity contribution in [3.05, 3.63) is 64.7 Å². The third kappa shape index (κ3) is 4.11. The standard InChI is InChI=1S/C20H19ClN2O4/c1-2-27-20(26)13-7-9-14(10-8-13)22-19(25)18(23-12-11-17(23)24)15-5-3-4-6-16(15)21/h3-10,18H,2,11-12H2,1H3,(H,22,25)/t18-/m1/s1. The van der Waals surface area contributed by atoms with Gasteiger partial charge in [-0.3, -0.25) is 9.59 Å². The van der Waals surface area contributed by atoms with Gasteiger partial charge in [-0.25, -0.2) is 4.79 Å². The van der Waals surface area contributed by atoms with Crippen molar-refractivity contribution in [2.24, 2.45) is 0 Å². The number of carbonyl (C=O) groups excluding carboxylic acids is 3. The highest BCUT2D eigenvalue weighted by Crippen LogP contribution is 2.32. The Morgan fingerprint density at radius 2 is 1.89 bits per heavy atom. The summed E-state index contributed by atoms with van der Waals surface area (Å²) in [4.78, 5) is 38.1. The van der Waals surface area contributed by atoms with Gasteiger partial charge in [-0.1, -0.05) is 29.8 Å². The number of carbonyl (C=O) groups is 3. The molecule has 1 heterocycles. The average Bonchev–Trinajstić information content (AvgIpc) is 2.66. The molecule has 3 rings (SSSR count). The minimum atomic E-state index is -0.801. The van der Waals surface area contributed by atoms with Crippen LogP contribution in [0.15, 0.2) is 48.5 Å². The molecule has 0 aromatic heterocycles. The molecule has 1 saturated heterocycles. The predicted octanol–water partition coefficient (Wildman–Crippen LogP) is 3.43. The van der Waals surface area contributed by atoms with Crippen LogP contribution in [0.4, 0.5) is 5.69 Å². The fraction of sp³-hybridized carbons (Fsp3) is 0.250. The third-order valence-corrected chi connectivity index (χ3v) is 4.65. The summed E-state index contributed by atoms with van der Waals surface area (Å²) in [5, 5.41) is 3.22. The van der Waals surface area contributed by atoms with Crippen LogP contribution in [0.5, 0.6) is 0 Å². The van der Waals surface area contributed by atoms with Crippen molar-refractivity contribution in [1.82, 2.24) is 4.90 Å². The first-order valence-electron chi connectivity index (χ1n) is 8.63. The molecule has 0 aliphatic carbocycles. The molecule has 140 valence electrons. The van der Waals surface area contributed by atoms with Gasteiger partial charge >= 0.3 is 5.97 Å². The smallest absolute Gasteiger partial charge is 0.338 e. The lowest BCUT2D eigenvalue weighted by atomic mass is 10.00. The van der Waals surface area contributed by atoms with Crippen molar-refractivity contribution in [3.8, 4) is 0 Å². The summed E-state index contributed by atoms with van der Waals surface area (Å²) in [5.74, 6) is -0.872. The molecule has 1 N–H and O–H groups in total. The number of anilines is 1. The van der Waals surface area contributed by atoms with Gasteiger partial charge in [0.15, 0.2) is 0 Å². The molecule has 0 unspecified atom stereocenters. The van der Waals surface area contributed by atoms with Crippen LogP contribution >= 0.6 is 11.6 Å². The highest BCUT2D eigenvalue weighted by Gasteiger charge is 2.37. The van der Waals surface area contributed by atoms with E-state index in [0.29, 0.717) is 41.4 Å². The summed E-state index contributed by atoms with van der Waals surface area (Å²) in [5.41, 5.74) is 1.49. The number of benzene rings is 2. The normalized spacial score (nSPS) is 14.3. The molecule has 1 aliphatic heterocycles. The van der Waals surface area contributed by atoms with E-state index in [9.17, 15) is 14.4 Å². The molecule has 2 aromatic rings. The molecular formula is C20H19ClN2O4. The molecule has 1 aliphatic rings. The topological polar surface area (TPSA) is 75.7 Å². The molecule has 1 atom stereocenters. The number of hydrogen-bond acceptors (Lipinski definition) is 4. The lowest BCUT2D eigenvalue weighted by Crippen LogP contribution is -2.49. The number of β-lactam (4-membered cyclic amide) rings is 1. The maximum absolute atomic E-state index is 12.9. The minimum absolute atomic E-state index is 0.0901. The van der Waals surface area contributed by atoms with Crippen LogP contribution in [0.25, 0.3) is 0 Å². The number of halogens is 1. The second-order valence-electron chi connectivity index (χ2n) is 6.05. The molecule has 1 fully saturated rings. The Morgan fingerprint density at radius 3 is 2.44 bits per heavy atom. The molecular weight excluding hydrogens is 368 g/mol. The maximum atomic E-state index is 12.9. The van der Waals surface area contributed by atoms with E-state index < -0.39 is 12.0 Å². The molecule has 2 aromatic carbocycles. The summed E-state index contributed by atoms with van der Waals surface area (Å²) < 4.78 is 4.94. The van der Waals surface area contributed by atoms with E-state index in [4.69, 9.17) is 16.3 Å². The van der Waals surface area contributed by atoms with Crippen LogP contribution in [-0.4, -0.2) is 35.8 Å². The van der Waals surface area contributed by atoms with Crippen molar-refractivity contribution in [2.75, 3.05) is 18.5 Å². The van der Waals surface area contributed by atoms with Gasteiger partial charge in [-0.2, -0.15) is 0 Å². The average molecular weight is 387 g/mol. The molecule has 0 saturated carbocycles. The van der Waals surface area contributed by atoms with E-state index in [2.05, 4.69) is 5.32 Å². The van der Waals surface area contributed by atoms with E-state index in [-0.39, 0.29) is 11.8 Å². The van der Waals surface area contributed by atoms with E-state index in [0.717, 1.165) is 0 Å². The minimum Gasteiger partial charge on any atom is -0.462 e. The Morgan fingerprint density at radius 1 is 1.19 bits per heavy atom. The first-order valence-corrected chi connectivity index (χ1v) is 9.01. The van der Waals surface area contributed by atoms with Crippen LogP contribution in [0.3, 0.4) is 0 Å². The Bertz CT molecular complexity index is 867. The summed E-state index contributed by atoms with van der Waals surface area (Å²) in [6.07, 6.45) is 0.419. The van der Waals surface area contributed by atoms with Gasteiger partial charge in [0, 0.05) is 29.2 Å². The third-order valence-electron chi connectivity index (χ3n) is 4.31. The molecule has 27 heavy (non-hydrogen) atoms. The molecule has 0 bridgehead atoms. The van der Waals surface area contributed by atoms with Crippen LogP contribution in [0.1, 0.15) is 35.3 Å². The number of nitrogens with zero attached hydrogens (tertiary/aromatic N) is 1. The Hall–Kier alpha value is -2.86. The zero-order valence-corrected chi connectivity index (χ0v) is 15.5. The molecule has 7 heteroatoms. The first-order chi connectivity index (χ1) is 13.0. The predicted molar refractivity (Wildman–Crippen MR) is 102 cm³/mol. The number of hydrogen-bond donors (Lipinski definition) is 1. The lowest BCUT2D eigenvalue weighted by molar-refractivity contribution is -0.147. The number of ether oxygens (including phenoxy) is 1. The summed E-state index contributed by atoms with van der Waals surface area (Å²) in [6, 6.07) is 12.6. The molecule has 0 radical (unpaired) electrons. The van der Waals surface area contributed by atoms with Crippen molar-refractivity contribution in [3.63, 3.8) is 0 Å². The quantitative estimate of drug-likeness (QED) is 0.609. The Kier molecular flexibility index (Phi) is 5.76.